The van der Waals surface area contributed by atoms with Crippen LogP contribution in [-0.2, 0) is 9.13 Å². The number of aliphatic hydroxyl groups is 1. The summed E-state index contributed by atoms with van der Waals surface area (Å²) in [5.74, 6) is 0. The van der Waals surface area contributed by atoms with Gasteiger partial charge in [-0.05, 0) is 5.56 Å². The van der Waals surface area contributed by atoms with E-state index in [1.807, 2.05) is 0 Å². The summed E-state index contributed by atoms with van der Waals surface area (Å²) in [5.41, 5.74) is 5.64. The van der Waals surface area contributed by atoms with E-state index < -0.39 is 32.7 Å². The Morgan fingerprint density at radius 1 is 0.947 bits per heavy atom. The van der Waals surface area contributed by atoms with Crippen LogP contribution >= 0.6 is 15.2 Å². The lowest BCUT2D eigenvalue weighted by atomic mass is 10.0. The van der Waals surface area contributed by atoms with Gasteiger partial charge < -0.3 is 30.4 Å². The number of aliphatic hydroxyl groups excluding tert-OH is 1. The molecule has 0 spiro atoms. The first-order valence-corrected chi connectivity index (χ1v) is 8.50. The van der Waals surface area contributed by atoms with Crippen molar-refractivity contribution in [3.63, 3.8) is 0 Å². The molecule has 0 radical (unpaired) electrons. The van der Waals surface area contributed by atoms with Crippen LogP contribution in [0.5, 0.6) is 0 Å². The molecule has 2 atom stereocenters. The lowest BCUT2D eigenvalue weighted by molar-refractivity contribution is 0.143. The second-order valence-electron chi connectivity index (χ2n) is 4.02. The lowest BCUT2D eigenvalue weighted by Gasteiger charge is -2.28. The minimum atomic E-state index is -5.18. The van der Waals surface area contributed by atoms with Crippen molar-refractivity contribution in [2.75, 3.05) is 0 Å². The first-order valence-electron chi connectivity index (χ1n) is 5.14. The van der Waals surface area contributed by atoms with Gasteiger partial charge in [-0.15, -0.1) is 0 Å². The van der Waals surface area contributed by atoms with Gasteiger partial charge in [-0.2, -0.15) is 0 Å². The number of hydrogen-bond acceptors (Lipinski definition) is 4. The van der Waals surface area contributed by atoms with Crippen LogP contribution < -0.4 is 5.73 Å². The van der Waals surface area contributed by atoms with Gasteiger partial charge in [-0.1, -0.05) is 30.3 Å². The van der Waals surface area contributed by atoms with E-state index in [9.17, 15) is 14.2 Å². The Morgan fingerprint density at radius 2 is 1.37 bits per heavy atom. The number of rotatable bonds is 5. The first kappa shape index (κ1) is 16.5. The highest BCUT2D eigenvalue weighted by Gasteiger charge is 2.49. The lowest BCUT2D eigenvalue weighted by Crippen LogP contribution is -2.40. The molecule has 0 aliphatic rings. The zero-order valence-corrected chi connectivity index (χ0v) is 11.4. The summed E-state index contributed by atoms with van der Waals surface area (Å²) in [6, 6.07) is 5.81. The summed E-state index contributed by atoms with van der Waals surface area (Å²) in [6.07, 6.45) is -1.61. The van der Waals surface area contributed by atoms with E-state index in [4.69, 9.17) is 25.3 Å². The fraction of sp³-hybridized carbons (Fsp3) is 0.333. The van der Waals surface area contributed by atoms with E-state index in [2.05, 4.69) is 0 Å². The quantitative estimate of drug-likeness (QED) is 0.405. The normalized spacial score (nSPS) is 16.4. The zero-order chi connectivity index (χ0) is 14.8. The molecule has 0 aromatic heterocycles. The van der Waals surface area contributed by atoms with Crippen LogP contribution in [0.4, 0.5) is 0 Å². The number of benzene rings is 1. The first-order chi connectivity index (χ1) is 8.55. The third kappa shape index (κ3) is 4.21. The molecule has 2 unspecified atom stereocenters. The van der Waals surface area contributed by atoms with Gasteiger partial charge in [-0.25, -0.2) is 0 Å². The summed E-state index contributed by atoms with van der Waals surface area (Å²) in [6.45, 7) is 0. The summed E-state index contributed by atoms with van der Waals surface area (Å²) in [7, 11) is -10.4. The molecule has 0 bridgehead atoms. The highest BCUT2D eigenvalue weighted by atomic mass is 31.2. The average Bonchev–Trinajstić information content (AvgIpc) is 2.25. The maximum atomic E-state index is 11.2. The van der Waals surface area contributed by atoms with Crippen LogP contribution in [-0.4, -0.2) is 36.1 Å². The molecule has 0 aliphatic carbocycles. The third-order valence-electron chi connectivity index (χ3n) is 2.54. The molecule has 1 aromatic carbocycles. The largest absolute Gasteiger partial charge is 0.387 e. The van der Waals surface area contributed by atoms with Gasteiger partial charge in [-0.3, -0.25) is 9.13 Å². The van der Waals surface area contributed by atoms with E-state index in [1.54, 1.807) is 18.2 Å². The molecular weight excluding hydrogens is 296 g/mol. The van der Waals surface area contributed by atoms with Gasteiger partial charge in [0.2, 0.25) is 0 Å². The molecule has 0 aliphatic heterocycles. The highest BCUT2D eigenvalue weighted by molar-refractivity contribution is 7.71. The van der Waals surface area contributed by atoms with Crippen LogP contribution in [0.2, 0.25) is 0 Å². The predicted octanol–water partition coefficient (Wildman–Crippen LogP) is -0.271. The van der Waals surface area contributed by atoms with Crippen molar-refractivity contribution < 1.29 is 33.8 Å². The van der Waals surface area contributed by atoms with Crippen molar-refractivity contribution in [1.82, 2.24) is 0 Å². The van der Waals surface area contributed by atoms with Crippen molar-refractivity contribution in [2.24, 2.45) is 5.73 Å². The predicted molar refractivity (Wildman–Crippen MR) is 67.3 cm³/mol. The Hall–Kier alpha value is -0.560. The van der Waals surface area contributed by atoms with Crippen molar-refractivity contribution in [1.29, 1.82) is 0 Å². The van der Waals surface area contributed by atoms with Gasteiger partial charge >= 0.3 is 15.2 Å². The SMILES string of the molecule is NC(C(O)c1ccccc1)C(P(=O)(O)O)P(=O)(O)O. The topological polar surface area (TPSA) is 161 Å². The number of nitrogens with two attached hydrogens (primary N) is 1. The molecule has 8 nitrogen and oxygen atoms in total. The van der Waals surface area contributed by atoms with Gasteiger partial charge in [0.15, 0.2) is 5.40 Å². The third-order valence-corrected chi connectivity index (χ3v) is 6.41. The van der Waals surface area contributed by atoms with Gasteiger partial charge in [0.25, 0.3) is 0 Å². The van der Waals surface area contributed by atoms with Gasteiger partial charge in [0.1, 0.15) is 0 Å². The van der Waals surface area contributed by atoms with E-state index >= 15 is 0 Å². The van der Waals surface area contributed by atoms with Crippen LogP contribution in [0.15, 0.2) is 30.3 Å². The van der Waals surface area contributed by atoms with E-state index in [1.165, 1.54) is 12.1 Å². The molecule has 0 saturated heterocycles. The van der Waals surface area contributed by atoms with Crippen LogP contribution in [0.25, 0.3) is 0 Å². The van der Waals surface area contributed by atoms with Crippen LogP contribution in [0, 0.1) is 0 Å². The van der Waals surface area contributed by atoms with Crippen LogP contribution in [0.3, 0.4) is 0 Å². The second kappa shape index (κ2) is 5.83. The Bertz CT molecular complexity index is 489. The standard InChI is InChI=1S/C9H15NO7P2/c10-7(8(11)6-4-2-1-3-5-6)9(18(12,13)14)19(15,16)17/h1-5,7-9,11H,10H2,(H2,12,13,14)(H2,15,16,17). The van der Waals surface area contributed by atoms with E-state index in [0.29, 0.717) is 0 Å². The maximum absolute atomic E-state index is 11.2. The number of hydrogen-bond donors (Lipinski definition) is 6. The summed E-state index contributed by atoms with van der Waals surface area (Å²) in [4.78, 5) is 36.0. The fourth-order valence-electron chi connectivity index (χ4n) is 1.68. The summed E-state index contributed by atoms with van der Waals surface area (Å²) >= 11 is 0. The molecule has 0 saturated carbocycles. The van der Waals surface area contributed by atoms with E-state index in [-0.39, 0.29) is 5.56 Å². The zero-order valence-electron chi connectivity index (χ0n) is 9.64. The van der Waals surface area contributed by atoms with Gasteiger partial charge in [0, 0.05) is 0 Å². The van der Waals surface area contributed by atoms with Crippen molar-refractivity contribution in [3.05, 3.63) is 35.9 Å². The van der Waals surface area contributed by atoms with Gasteiger partial charge in [0.05, 0.1) is 12.1 Å². The highest BCUT2D eigenvalue weighted by Crippen LogP contribution is 2.61. The molecule has 10 heteroatoms. The molecule has 19 heavy (non-hydrogen) atoms. The summed E-state index contributed by atoms with van der Waals surface area (Å²) < 4.78 is 22.3. The Balaban J connectivity index is 3.12. The van der Waals surface area contributed by atoms with Crippen LogP contribution in [0.1, 0.15) is 11.7 Å². The second-order valence-corrected chi connectivity index (χ2v) is 7.90. The van der Waals surface area contributed by atoms with Crippen molar-refractivity contribution in [2.45, 2.75) is 17.5 Å². The average molecular weight is 311 g/mol. The Labute approximate surface area is 109 Å². The molecule has 0 amide bonds. The fourth-order valence-corrected chi connectivity index (χ4v) is 4.47. The monoisotopic (exact) mass is 311 g/mol. The molecule has 1 aromatic rings. The molecule has 7 N–H and O–H groups in total. The van der Waals surface area contributed by atoms with Crippen molar-refractivity contribution in [3.8, 4) is 0 Å². The smallest absolute Gasteiger partial charge is 0.342 e. The minimum Gasteiger partial charge on any atom is -0.387 e. The maximum Gasteiger partial charge on any atom is 0.342 e. The summed E-state index contributed by atoms with van der Waals surface area (Å²) in [5, 5.41) is 7.43. The minimum absolute atomic E-state index is 0.210. The Morgan fingerprint density at radius 3 is 1.74 bits per heavy atom. The molecule has 0 fully saturated rings. The molecule has 0 heterocycles. The molecule has 1 rings (SSSR count). The Kier molecular flexibility index (Phi) is 5.06. The molecular formula is C9H15NO7P2. The van der Waals surface area contributed by atoms with E-state index in [0.717, 1.165) is 0 Å². The van der Waals surface area contributed by atoms with Crippen molar-refractivity contribution >= 4 is 15.2 Å². The molecule has 108 valence electrons.